The van der Waals surface area contributed by atoms with Gasteiger partial charge in [0.1, 0.15) is 11.4 Å². The molecule has 16 heavy (non-hydrogen) atoms. The Morgan fingerprint density at radius 1 is 1.38 bits per heavy atom. The maximum Gasteiger partial charge on any atom is 0.128 e. The molecule has 4 nitrogen and oxygen atoms in total. The van der Waals surface area contributed by atoms with Crippen molar-refractivity contribution in [1.29, 1.82) is 0 Å². The molecule has 3 rings (SSSR count). The molecule has 0 spiro atoms. The van der Waals surface area contributed by atoms with Crippen molar-refractivity contribution < 1.29 is 14.9 Å². The number of hydrogen-bond acceptors (Lipinski definition) is 4. The third-order valence-corrected chi connectivity index (χ3v) is 3.33. The van der Waals surface area contributed by atoms with Crippen LogP contribution in [0.3, 0.4) is 0 Å². The van der Waals surface area contributed by atoms with Crippen molar-refractivity contribution >= 4 is 5.69 Å². The molecule has 1 saturated heterocycles. The van der Waals surface area contributed by atoms with Crippen molar-refractivity contribution in [2.75, 3.05) is 31.2 Å². The highest BCUT2D eigenvalue weighted by Gasteiger charge is 2.39. The van der Waals surface area contributed by atoms with Gasteiger partial charge in [0.05, 0.1) is 19.8 Å². The smallest absolute Gasteiger partial charge is 0.128 e. The van der Waals surface area contributed by atoms with E-state index in [2.05, 4.69) is 4.90 Å². The lowest BCUT2D eigenvalue weighted by Gasteiger charge is -2.39. The molecule has 0 atom stereocenters. The van der Waals surface area contributed by atoms with Crippen LogP contribution >= 0.6 is 0 Å². The third-order valence-electron chi connectivity index (χ3n) is 3.33. The predicted octanol–water partition coefficient (Wildman–Crippen LogP) is 0.516. The van der Waals surface area contributed by atoms with Crippen LogP contribution < -0.4 is 4.90 Å². The first-order chi connectivity index (χ1) is 7.68. The number of nitrogens with zero attached hydrogens (tertiary/aromatic N) is 1. The van der Waals surface area contributed by atoms with Crippen LogP contribution in [0.2, 0.25) is 0 Å². The molecule has 0 aromatic heterocycles. The fourth-order valence-corrected chi connectivity index (χ4v) is 2.43. The van der Waals surface area contributed by atoms with Crippen LogP contribution in [0.25, 0.3) is 0 Å². The standard InChI is InChI=1S/C12H15NO3/c14-11-3-1-2-10-9(11)4-5-13(10)6-12(15)7-16-8-12/h1-3,14-15H,4-8H2. The maximum absolute atomic E-state index is 10.0. The first-order valence-corrected chi connectivity index (χ1v) is 5.54. The van der Waals surface area contributed by atoms with Gasteiger partial charge in [-0.3, -0.25) is 0 Å². The molecule has 4 heteroatoms. The number of benzene rings is 1. The Morgan fingerprint density at radius 2 is 2.19 bits per heavy atom. The molecular weight excluding hydrogens is 206 g/mol. The molecule has 2 heterocycles. The van der Waals surface area contributed by atoms with E-state index in [1.165, 1.54) is 0 Å². The molecule has 0 bridgehead atoms. The van der Waals surface area contributed by atoms with Gasteiger partial charge in [0.2, 0.25) is 0 Å². The number of β-amino-alcohol motifs (C(OH)–C–C–N with tert-alkyl or cyclic N) is 1. The zero-order valence-electron chi connectivity index (χ0n) is 9.02. The third kappa shape index (κ3) is 1.45. The Morgan fingerprint density at radius 3 is 2.88 bits per heavy atom. The van der Waals surface area contributed by atoms with Crippen molar-refractivity contribution in [3.8, 4) is 5.75 Å². The number of anilines is 1. The summed E-state index contributed by atoms with van der Waals surface area (Å²) < 4.78 is 5.03. The molecule has 2 aliphatic heterocycles. The van der Waals surface area contributed by atoms with E-state index in [-0.39, 0.29) is 0 Å². The van der Waals surface area contributed by atoms with Crippen LogP contribution in [-0.2, 0) is 11.2 Å². The summed E-state index contributed by atoms with van der Waals surface area (Å²) in [6.45, 7) is 2.27. The van der Waals surface area contributed by atoms with Gasteiger partial charge in [-0.05, 0) is 18.6 Å². The van der Waals surface area contributed by atoms with E-state index in [1.54, 1.807) is 6.07 Å². The minimum atomic E-state index is -0.701. The topological polar surface area (TPSA) is 52.9 Å². The highest BCUT2D eigenvalue weighted by molar-refractivity contribution is 5.63. The fourth-order valence-electron chi connectivity index (χ4n) is 2.43. The fraction of sp³-hybridized carbons (Fsp3) is 0.500. The highest BCUT2D eigenvalue weighted by atomic mass is 16.5. The van der Waals surface area contributed by atoms with Crippen molar-refractivity contribution in [2.24, 2.45) is 0 Å². The minimum absolute atomic E-state index is 0.358. The molecule has 1 aromatic carbocycles. The molecule has 2 N–H and O–H groups in total. The average Bonchev–Trinajstić information content (AvgIpc) is 2.61. The molecule has 1 fully saturated rings. The summed E-state index contributed by atoms with van der Waals surface area (Å²) in [5, 5.41) is 19.7. The molecule has 0 radical (unpaired) electrons. The van der Waals surface area contributed by atoms with Crippen LogP contribution in [0, 0.1) is 0 Å². The Balaban J connectivity index is 1.83. The first kappa shape index (κ1) is 9.93. The lowest BCUT2D eigenvalue weighted by atomic mass is 10.0. The molecule has 0 amide bonds. The van der Waals surface area contributed by atoms with E-state index in [9.17, 15) is 10.2 Å². The van der Waals surface area contributed by atoms with Crippen LogP contribution in [0.1, 0.15) is 5.56 Å². The SMILES string of the molecule is Oc1cccc2c1CCN2CC1(O)COC1. The Bertz CT molecular complexity index is 415. The molecule has 0 aliphatic carbocycles. The van der Waals surface area contributed by atoms with Gasteiger partial charge in [-0.25, -0.2) is 0 Å². The monoisotopic (exact) mass is 221 g/mol. The van der Waals surface area contributed by atoms with Crippen molar-refractivity contribution in [3.05, 3.63) is 23.8 Å². The Hall–Kier alpha value is -1.26. The van der Waals surface area contributed by atoms with Crippen molar-refractivity contribution in [1.82, 2.24) is 0 Å². The van der Waals surface area contributed by atoms with Gasteiger partial charge in [-0.2, -0.15) is 0 Å². The number of hydrogen-bond donors (Lipinski definition) is 2. The highest BCUT2D eigenvalue weighted by Crippen LogP contribution is 2.35. The van der Waals surface area contributed by atoms with Gasteiger partial charge in [0.25, 0.3) is 0 Å². The van der Waals surface area contributed by atoms with Gasteiger partial charge in [0, 0.05) is 17.8 Å². The summed E-state index contributed by atoms with van der Waals surface area (Å²) in [4.78, 5) is 2.12. The average molecular weight is 221 g/mol. The van der Waals surface area contributed by atoms with Crippen molar-refractivity contribution in [3.63, 3.8) is 0 Å². The summed E-state index contributed by atoms with van der Waals surface area (Å²) in [6.07, 6.45) is 0.846. The molecule has 2 aliphatic rings. The van der Waals surface area contributed by atoms with Gasteiger partial charge in [0.15, 0.2) is 0 Å². The van der Waals surface area contributed by atoms with Gasteiger partial charge >= 0.3 is 0 Å². The van der Waals surface area contributed by atoms with Gasteiger partial charge < -0.3 is 19.8 Å². The largest absolute Gasteiger partial charge is 0.508 e. The number of ether oxygens (including phenoxy) is 1. The molecule has 0 unspecified atom stereocenters. The second-order valence-corrected chi connectivity index (χ2v) is 4.66. The number of phenolic OH excluding ortho intramolecular Hbond substituents is 1. The quantitative estimate of drug-likeness (QED) is 0.764. The summed E-state index contributed by atoms with van der Waals surface area (Å²) in [7, 11) is 0. The Labute approximate surface area is 94.1 Å². The van der Waals surface area contributed by atoms with E-state index in [1.807, 2.05) is 12.1 Å². The molecular formula is C12H15NO3. The maximum atomic E-state index is 10.0. The van der Waals surface area contributed by atoms with Crippen LogP contribution in [0.15, 0.2) is 18.2 Å². The van der Waals surface area contributed by atoms with Crippen molar-refractivity contribution in [2.45, 2.75) is 12.0 Å². The van der Waals surface area contributed by atoms with E-state index in [4.69, 9.17) is 4.74 Å². The van der Waals surface area contributed by atoms with Crippen LogP contribution in [0.5, 0.6) is 5.75 Å². The number of aliphatic hydroxyl groups is 1. The summed E-state index contributed by atoms with van der Waals surface area (Å²) >= 11 is 0. The summed E-state index contributed by atoms with van der Waals surface area (Å²) in [5.74, 6) is 0.358. The second kappa shape index (κ2) is 3.37. The lowest BCUT2D eigenvalue weighted by molar-refractivity contribution is -0.171. The van der Waals surface area contributed by atoms with E-state index in [0.29, 0.717) is 25.5 Å². The number of fused-ring (bicyclic) bond motifs is 1. The zero-order valence-corrected chi connectivity index (χ0v) is 9.02. The second-order valence-electron chi connectivity index (χ2n) is 4.66. The number of rotatable bonds is 2. The number of phenols is 1. The molecule has 1 aromatic rings. The van der Waals surface area contributed by atoms with Crippen LogP contribution in [-0.4, -0.2) is 42.1 Å². The zero-order chi connectivity index (χ0) is 11.2. The molecule has 86 valence electrons. The molecule has 0 saturated carbocycles. The van der Waals surface area contributed by atoms with Gasteiger partial charge in [-0.1, -0.05) is 6.07 Å². The van der Waals surface area contributed by atoms with E-state index < -0.39 is 5.60 Å². The Kier molecular flexibility index (Phi) is 2.09. The van der Waals surface area contributed by atoms with E-state index >= 15 is 0 Å². The lowest BCUT2D eigenvalue weighted by Crippen LogP contribution is -2.56. The summed E-state index contributed by atoms with van der Waals surface area (Å²) in [5.41, 5.74) is 1.33. The van der Waals surface area contributed by atoms with Gasteiger partial charge in [-0.15, -0.1) is 0 Å². The predicted molar refractivity (Wildman–Crippen MR) is 59.8 cm³/mol. The normalized spacial score (nSPS) is 21.7. The number of aromatic hydroxyl groups is 1. The summed E-state index contributed by atoms with van der Waals surface area (Å²) in [6, 6.07) is 5.54. The van der Waals surface area contributed by atoms with Crippen LogP contribution in [0.4, 0.5) is 5.69 Å². The minimum Gasteiger partial charge on any atom is -0.508 e. The van der Waals surface area contributed by atoms with E-state index in [0.717, 1.165) is 24.2 Å². The first-order valence-electron chi connectivity index (χ1n) is 5.54.